The molecule has 1 heterocycles. The molecule has 0 bridgehead atoms. The van der Waals surface area contributed by atoms with Crippen LogP contribution < -0.4 is 10.8 Å². The minimum Gasteiger partial charge on any atom is -0.325 e. The van der Waals surface area contributed by atoms with E-state index in [1.807, 2.05) is 0 Å². The lowest BCUT2D eigenvalue weighted by Crippen LogP contribution is -2.42. The molecule has 10 heteroatoms. The van der Waals surface area contributed by atoms with Crippen LogP contribution in [0.2, 0.25) is 10.0 Å². The number of hydroxylamine groups is 1. The summed E-state index contributed by atoms with van der Waals surface area (Å²) in [5.74, 6) is -0.243. The summed E-state index contributed by atoms with van der Waals surface area (Å²) in [7, 11) is 3.51. The Balaban J connectivity index is 2.02. The molecule has 1 unspecified atom stereocenters. The zero-order valence-electron chi connectivity index (χ0n) is 16.9. The van der Waals surface area contributed by atoms with E-state index >= 15 is 0 Å². The molecule has 1 aliphatic heterocycles. The van der Waals surface area contributed by atoms with E-state index in [0.717, 1.165) is 23.8 Å². The molecule has 31 heavy (non-hydrogen) atoms. The van der Waals surface area contributed by atoms with Crippen LogP contribution in [0.4, 0.5) is 18.9 Å². The van der Waals surface area contributed by atoms with E-state index in [-0.39, 0.29) is 33.8 Å². The number of hydrogen-bond acceptors (Lipinski definition) is 4. The van der Waals surface area contributed by atoms with Gasteiger partial charge in [0.15, 0.2) is 0 Å². The number of hydrogen-bond donors (Lipinski definition) is 2. The SMILES string of the molecule is Cc1ccc(C2=CC(c3cc(Cl)cc(Cl)c3)(C(F)(F)F)ON2)cc1NC(=O)CN(C)C. The highest BCUT2D eigenvalue weighted by Crippen LogP contribution is 2.48. The molecular formula is C21H20Cl2F3N3O2. The number of likely N-dealkylation sites (N-methyl/N-ethyl adjacent to an activating group) is 1. The summed E-state index contributed by atoms with van der Waals surface area (Å²) in [6.45, 7) is 1.95. The molecule has 0 aliphatic carbocycles. The zero-order chi connectivity index (χ0) is 23.0. The second kappa shape index (κ2) is 8.70. The lowest BCUT2D eigenvalue weighted by Gasteiger charge is -2.28. The summed E-state index contributed by atoms with van der Waals surface area (Å²) < 4.78 is 42.4. The first-order valence-corrected chi connectivity index (χ1v) is 9.92. The fourth-order valence-electron chi connectivity index (χ4n) is 3.15. The van der Waals surface area contributed by atoms with Crippen LogP contribution >= 0.6 is 23.2 Å². The Morgan fingerprint density at radius 1 is 1.16 bits per heavy atom. The number of carbonyl (C=O) groups excluding carboxylic acids is 1. The monoisotopic (exact) mass is 473 g/mol. The van der Waals surface area contributed by atoms with E-state index in [1.54, 1.807) is 44.1 Å². The molecule has 2 aromatic rings. The molecule has 2 aromatic carbocycles. The molecule has 0 radical (unpaired) electrons. The third-order valence-electron chi connectivity index (χ3n) is 4.66. The van der Waals surface area contributed by atoms with Crippen molar-refractivity contribution >= 4 is 40.5 Å². The van der Waals surface area contributed by atoms with Crippen molar-refractivity contribution in [3.8, 4) is 0 Å². The highest BCUT2D eigenvalue weighted by Gasteiger charge is 2.59. The van der Waals surface area contributed by atoms with Gasteiger partial charge in [-0.1, -0.05) is 35.3 Å². The number of carbonyl (C=O) groups is 1. The zero-order valence-corrected chi connectivity index (χ0v) is 18.4. The number of alkyl halides is 3. The molecule has 5 nitrogen and oxygen atoms in total. The van der Waals surface area contributed by atoms with E-state index in [4.69, 9.17) is 28.0 Å². The average molecular weight is 474 g/mol. The van der Waals surface area contributed by atoms with E-state index in [1.165, 1.54) is 6.07 Å². The lowest BCUT2D eigenvalue weighted by molar-refractivity contribution is -0.269. The smallest absolute Gasteiger partial charge is 0.325 e. The largest absolute Gasteiger partial charge is 0.428 e. The first kappa shape index (κ1) is 23.4. The number of nitrogens with one attached hydrogen (secondary N) is 2. The quantitative estimate of drug-likeness (QED) is 0.631. The van der Waals surface area contributed by atoms with Gasteiger partial charge in [0.2, 0.25) is 11.5 Å². The second-order valence-electron chi connectivity index (χ2n) is 7.47. The molecule has 0 aromatic heterocycles. The Bertz CT molecular complexity index is 1020. The topological polar surface area (TPSA) is 53.6 Å². The average Bonchev–Trinajstić information content (AvgIpc) is 3.09. The molecule has 1 amide bonds. The molecule has 1 atom stereocenters. The maximum absolute atomic E-state index is 14.1. The van der Waals surface area contributed by atoms with Gasteiger partial charge in [-0.3, -0.25) is 15.1 Å². The number of amides is 1. The highest BCUT2D eigenvalue weighted by atomic mass is 35.5. The van der Waals surface area contributed by atoms with Crippen molar-refractivity contribution in [2.75, 3.05) is 26.0 Å². The fourth-order valence-corrected chi connectivity index (χ4v) is 3.68. The minimum atomic E-state index is -4.80. The second-order valence-corrected chi connectivity index (χ2v) is 8.34. The van der Waals surface area contributed by atoms with Gasteiger partial charge in [-0.2, -0.15) is 13.2 Å². The van der Waals surface area contributed by atoms with Crippen molar-refractivity contribution in [3.63, 3.8) is 0 Å². The first-order chi connectivity index (χ1) is 14.4. The third-order valence-corrected chi connectivity index (χ3v) is 5.10. The van der Waals surface area contributed by atoms with Crippen LogP contribution in [-0.4, -0.2) is 37.6 Å². The molecule has 0 spiro atoms. The van der Waals surface area contributed by atoms with Crippen LogP contribution in [0.5, 0.6) is 0 Å². The van der Waals surface area contributed by atoms with Crippen LogP contribution in [0, 0.1) is 6.92 Å². The number of anilines is 1. The number of rotatable bonds is 5. The predicted octanol–water partition coefficient (Wildman–Crippen LogP) is 5.14. The molecule has 3 rings (SSSR count). The van der Waals surface area contributed by atoms with Crippen molar-refractivity contribution in [1.82, 2.24) is 10.4 Å². The Hall–Kier alpha value is -2.26. The molecular weight excluding hydrogens is 454 g/mol. The van der Waals surface area contributed by atoms with Gasteiger partial charge in [0, 0.05) is 26.9 Å². The van der Waals surface area contributed by atoms with Crippen molar-refractivity contribution in [2.45, 2.75) is 18.7 Å². The van der Waals surface area contributed by atoms with E-state index in [0.29, 0.717) is 11.3 Å². The van der Waals surface area contributed by atoms with Crippen molar-refractivity contribution in [1.29, 1.82) is 0 Å². The van der Waals surface area contributed by atoms with E-state index < -0.39 is 11.8 Å². The molecule has 0 saturated heterocycles. The Morgan fingerprint density at radius 3 is 2.39 bits per heavy atom. The summed E-state index contributed by atoms with van der Waals surface area (Å²) in [4.78, 5) is 18.9. The predicted molar refractivity (Wildman–Crippen MR) is 115 cm³/mol. The normalized spacial score (nSPS) is 18.7. The molecule has 1 aliphatic rings. The van der Waals surface area contributed by atoms with Gasteiger partial charge in [0.05, 0.1) is 12.2 Å². The maximum Gasteiger partial charge on any atom is 0.428 e. The Labute approximate surface area is 187 Å². The highest BCUT2D eigenvalue weighted by molar-refractivity contribution is 6.34. The van der Waals surface area contributed by atoms with Crippen molar-refractivity contribution in [2.24, 2.45) is 0 Å². The van der Waals surface area contributed by atoms with Gasteiger partial charge in [0.25, 0.3) is 0 Å². The van der Waals surface area contributed by atoms with Gasteiger partial charge in [-0.25, -0.2) is 0 Å². The summed E-state index contributed by atoms with van der Waals surface area (Å²) in [6, 6.07) is 8.58. The number of benzene rings is 2. The summed E-state index contributed by atoms with van der Waals surface area (Å²) in [5, 5.41) is 2.88. The standard InChI is InChI=1S/C21H20Cl2F3N3O2/c1-12-4-5-13(6-17(12)27-19(30)11-29(2)3)18-10-20(31-28-18,21(24,25)26)14-7-15(22)9-16(23)8-14/h4-10,28H,11H2,1-3H3,(H,27,30). The molecule has 0 saturated carbocycles. The van der Waals surface area contributed by atoms with E-state index in [2.05, 4.69) is 10.8 Å². The molecule has 166 valence electrons. The van der Waals surface area contributed by atoms with Crippen LogP contribution in [0.25, 0.3) is 5.70 Å². The Morgan fingerprint density at radius 2 is 1.81 bits per heavy atom. The van der Waals surface area contributed by atoms with E-state index in [9.17, 15) is 18.0 Å². The molecule has 2 N–H and O–H groups in total. The van der Waals surface area contributed by atoms with Crippen LogP contribution in [0.15, 0.2) is 42.5 Å². The van der Waals surface area contributed by atoms with Gasteiger partial charge >= 0.3 is 6.18 Å². The Kier molecular flexibility index (Phi) is 6.57. The molecule has 0 fully saturated rings. The fraction of sp³-hybridized carbons (Fsp3) is 0.286. The maximum atomic E-state index is 14.1. The summed E-state index contributed by atoms with van der Waals surface area (Å²) in [6.07, 6.45) is -3.87. The number of aryl methyl sites for hydroxylation is 1. The van der Waals surface area contributed by atoms with Gasteiger partial charge in [0.1, 0.15) is 0 Å². The minimum absolute atomic E-state index is 0.0535. The first-order valence-electron chi connectivity index (χ1n) is 9.17. The third kappa shape index (κ3) is 4.98. The van der Waals surface area contributed by atoms with Gasteiger partial charge in [-0.05, 0) is 56.9 Å². The summed E-state index contributed by atoms with van der Waals surface area (Å²) >= 11 is 11.8. The van der Waals surface area contributed by atoms with Crippen molar-refractivity contribution < 1.29 is 22.8 Å². The number of nitrogens with zero attached hydrogens (tertiary/aromatic N) is 1. The van der Waals surface area contributed by atoms with Crippen LogP contribution in [0.3, 0.4) is 0 Å². The van der Waals surface area contributed by atoms with Crippen molar-refractivity contribution in [3.05, 3.63) is 69.2 Å². The number of halogens is 5. The van der Waals surface area contributed by atoms with Gasteiger partial charge < -0.3 is 10.2 Å². The van der Waals surface area contributed by atoms with Crippen LogP contribution in [0.1, 0.15) is 16.7 Å². The lowest BCUT2D eigenvalue weighted by atomic mass is 9.91. The van der Waals surface area contributed by atoms with Gasteiger partial charge in [-0.15, -0.1) is 0 Å². The summed E-state index contributed by atoms with van der Waals surface area (Å²) in [5.41, 5.74) is 1.09. The van der Waals surface area contributed by atoms with Crippen LogP contribution in [-0.2, 0) is 15.2 Å².